The molecule has 1 amide bonds. The van der Waals surface area contributed by atoms with Gasteiger partial charge in [-0.1, -0.05) is 63.5 Å². The third-order valence-corrected chi connectivity index (χ3v) is 9.23. The van der Waals surface area contributed by atoms with E-state index in [1.807, 2.05) is 0 Å². The summed E-state index contributed by atoms with van der Waals surface area (Å²) in [5.41, 5.74) is 2.11. The van der Waals surface area contributed by atoms with E-state index in [0.717, 1.165) is 11.1 Å². The zero-order valence-electron chi connectivity index (χ0n) is 17.8. The second kappa shape index (κ2) is 8.57. The minimum atomic E-state index is -4.50. The Hall–Kier alpha value is -2.72. The molecule has 0 radical (unpaired) electrons. The van der Waals surface area contributed by atoms with E-state index in [2.05, 4.69) is 0 Å². The number of hydrogen-bond donors (Lipinski definition) is 0. The highest BCUT2D eigenvalue weighted by atomic mass is 35.5. The fourth-order valence-electron chi connectivity index (χ4n) is 3.62. The molecule has 1 saturated heterocycles. The fourth-order valence-corrected chi connectivity index (χ4v) is 7.14. The van der Waals surface area contributed by atoms with Crippen LogP contribution in [0.25, 0.3) is 0 Å². The Morgan fingerprint density at radius 2 is 1.18 bits per heavy atom. The quantitative estimate of drug-likeness (QED) is 0.518. The first-order valence-electron chi connectivity index (χ1n) is 10.0. The van der Waals surface area contributed by atoms with Gasteiger partial charge < -0.3 is 0 Å². The minimum absolute atomic E-state index is 0.120. The number of carbonyl (C=O) groups is 1. The number of amides is 1. The molecule has 0 N–H and O–H groups in total. The number of rotatable bonds is 5. The number of halogens is 1. The van der Waals surface area contributed by atoms with Crippen LogP contribution in [-0.4, -0.2) is 31.6 Å². The number of sulfonamides is 2. The maximum absolute atomic E-state index is 13.7. The first-order valence-corrected chi connectivity index (χ1v) is 13.3. The topological polar surface area (TPSA) is 91.8 Å². The van der Waals surface area contributed by atoms with Gasteiger partial charge >= 0.3 is 0 Å². The molecule has 4 rings (SSSR count). The molecular formula is C23H21ClN2O5S2. The van der Waals surface area contributed by atoms with Crippen LogP contribution in [0.5, 0.6) is 0 Å². The van der Waals surface area contributed by atoms with Crippen molar-refractivity contribution in [1.29, 1.82) is 0 Å². The van der Waals surface area contributed by atoms with Gasteiger partial charge in [0.25, 0.3) is 26.0 Å². The minimum Gasteiger partial charge on any atom is -0.272 e. The van der Waals surface area contributed by atoms with E-state index in [9.17, 15) is 21.6 Å². The molecule has 1 atom stereocenters. The molecule has 3 aromatic rings. The highest BCUT2D eigenvalue weighted by Crippen LogP contribution is 2.41. The first-order chi connectivity index (χ1) is 15.5. The Balaban J connectivity index is 1.90. The summed E-state index contributed by atoms with van der Waals surface area (Å²) >= 11 is 5.97. The molecule has 0 aromatic heterocycles. The molecule has 33 heavy (non-hydrogen) atoms. The summed E-state index contributed by atoms with van der Waals surface area (Å²) in [7, 11) is -8.92. The van der Waals surface area contributed by atoms with E-state index in [-0.39, 0.29) is 16.2 Å². The zero-order valence-corrected chi connectivity index (χ0v) is 20.2. The molecule has 7 nitrogen and oxygen atoms in total. The van der Waals surface area contributed by atoms with Crippen LogP contribution in [0, 0.1) is 13.8 Å². The maximum atomic E-state index is 13.7. The van der Waals surface area contributed by atoms with Gasteiger partial charge in [-0.3, -0.25) is 4.79 Å². The molecule has 0 aliphatic carbocycles. The average Bonchev–Trinajstić information content (AvgIpc) is 3.13. The van der Waals surface area contributed by atoms with E-state index < -0.39 is 32.0 Å². The first kappa shape index (κ1) is 23.4. The Bertz CT molecular complexity index is 1400. The number of carbonyl (C=O) groups excluding carboxylic acids is 1. The lowest BCUT2D eigenvalue weighted by Crippen LogP contribution is -2.47. The number of nitrogens with zero attached hydrogens (tertiary/aromatic N) is 2. The maximum Gasteiger partial charge on any atom is 0.281 e. The van der Waals surface area contributed by atoms with Gasteiger partial charge in [0.05, 0.1) is 22.3 Å². The average molecular weight is 505 g/mol. The molecule has 172 valence electrons. The molecule has 0 saturated carbocycles. The second-order valence-electron chi connectivity index (χ2n) is 7.82. The lowest BCUT2D eigenvalue weighted by molar-refractivity contribution is -0.126. The zero-order chi connectivity index (χ0) is 24.0. The van der Waals surface area contributed by atoms with Gasteiger partial charge in [-0.15, -0.1) is 4.41 Å². The third-order valence-electron chi connectivity index (χ3n) is 5.39. The summed E-state index contributed by atoms with van der Waals surface area (Å²) in [6.45, 7) is 3.60. The van der Waals surface area contributed by atoms with Crippen molar-refractivity contribution in [1.82, 2.24) is 8.83 Å². The van der Waals surface area contributed by atoms with Crippen molar-refractivity contribution in [3.05, 3.63) is 94.5 Å². The summed E-state index contributed by atoms with van der Waals surface area (Å²) in [4.78, 5) is 12.8. The number of benzene rings is 3. The predicted octanol–water partition coefficient (Wildman–Crippen LogP) is 4.23. The summed E-state index contributed by atoms with van der Waals surface area (Å²) in [5, 5.41) is 0.431. The summed E-state index contributed by atoms with van der Waals surface area (Å²) in [5.74, 6) is -0.841. The molecule has 10 heteroatoms. The highest BCUT2D eigenvalue weighted by Gasteiger charge is 2.52. The molecule has 1 heterocycles. The van der Waals surface area contributed by atoms with Gasteiger partial charge in [0.2, 0.25) is 0 Å². The Morgan fingerprint density at radius 1 is 0.727 bits per heavy atom. The van der Waals surface area contributed by atoms with Crippen molar-refractivity contribution in [2.45, 2.75) is 36.1 Å². The van der Waals surface area contributed by atoms with Gasteiger partial charge in [-0.2, -0.15) is 8.42 Å². The number of hydrogen-bond acceptors (Lipinski definition) is 5. The SMILES string of the molecule is Cc1ccc(S(=O)(=O)N2C(=O)CC(c3ccc(Cl)cc3)N2S(=O)(=O)c2ccc(C)cc2)cc1. The largest absolute Gasteiger partial charge is 0.281 e. The van der Waals surface area contributed by atoms with Crippen molar-refractivity contribution in [2.24, 2.45) is 0 Å². The van der Waals surface area contributed by atoms with E-state index in [1.165, 1.54) is 24.3 Å². The number of aryl methyl sites for hydroxylation is 2. The van der Waals surface area contributed by atoms with Gasteiger partial charge in [0.15, 0.2) is 0 Å². The Labute approximate surface area is 198 Å². The third kappa shape index (κ3) is 4.29. The molecule has 0 bridgehead atoms. The molecule has 3 aromatic carbocycles. The van der Waals surface area contributed by atoms with Gasteiger partial charge in [-0.05, 0) is 55.8 Å². The van der Waals surface area contributed by atoms with Crippen molar-refractivity contribution in [2.75, 3.05) is 0 Å². The van der Waals surface area contributed by atoms with Crippen LogP contribution < -0.4 is 0 Å². The molecular weight excluding hydrogens is 484 g/mol. The van der Waals surface area contributed by atoms with Crippen molar-refractivity contribution >= 4 is 37.6 Å². The van der Waals surface area contributed by atoms with Crippen LogP contribution in [0.2, 0.25) is 5.02 Å². The van der Waals surface area contributed by atoms with E-state index in [1.54, 1.807) is 62.4 Å². The van der Waals surface area contributed by atoms with Gasteiger partial charge in [-0.25, -0.2) is 8.42 Å². The second-order valence-corrected chi connectivity index (χ2v) is 11.8. The standard InChI is InChI=1S/C23H21ClN2O5S2/c1-16-3-11-20(12-4-16)32(28,29)25-22(18-7-9-19(24)10-8-18)15-23(27)26(25)33(30,31)21-13-5-17(2)6-14-21/h3-14,22H,15H2,1-2H3. The monoisotopic (exact) mass is 504 g/mol. The van der Waals surface area contributed by atoms with Crippen LogP contribution in [0.3, 0.4) is 0 Å². The summed E-state index contributed by atoms with van der Waals surface area (Å²) in [6.07, 6.45) is -0.336. The van der Waals surface area contributed by atoms with Crippen LogP contribution >= 0.6 is 11.6 Å². The van der Waals surface area contributed by atoms with E-state index >= 15 is 0 Å². The van der Waals surface area contributed by atoms with Crippen molar-refractivity contribution < 1.29 is 21.6 Å². The van der Waals surface area contributed by atoms with Crippen molar-refractivity contribution in [3.63, 3.8) is 0 Å². The van der Waals surface area contributed by atoms with Gasteiger partial charge in [0.1, 0.15) is 0 Å². The smallest absolute Gasteiger partial charge is 0.272 e. The van der Waals surface area contributed by atoms with Crippen molar-refractivity contribution in [3.8, 4) is 0 Å². The lowest BCUT2D eigenvalue weighted by Gasteiger charge is -2.30. The molecule has 0 spiro atoms. The van der Waals surface area contributed by atoms with E-state index in [0.29, 0.717) is 19.4 Å². The summed E-state index contributed by atoms with van der Waals surface area (Å²) < 4.78 is 55.5. The Kier molecular flexibility index (Phi) is 6.09. The molecule has 1 aliphatic rings. The van der Waals surface area contributed by atoms with Crippen LogP contribution in [0.4, 0.5) is 0 Å². The van der Waals surface area contributed by atoms with Gasteiger partial charge in [0, 0.05) is 5.02 Å². The van der Waals surface area contributed by atoms with Crippen LogP contribution in [-0.2, 0) is 24.8 Å². The van der Waals surface area contributed by atoms with Crippen LogP contribution in [0.1, 0.15) is 29.2 Å². The molecule has 1 fully saturated rings. The Morgan fingerprint density at radius 3 is 1.67 bits per heavy atom. The number of hydrazine groups is 1. The normalized spacial score (nSPS) is 17.5. The predicted molar refractivity (Wildman–Crippen MR) is 124 cm³/mol. The lowest BCUT2D eigenvalue weighted by atomic mass is 10.1. The highest BCUT2D eigenvalue weighted by molar-refractivity contribution is 7.92. The summed E-state index contributed by atoms with van der Waals surface area (Å²) in [6, 6.07) is 17.1. The van der Waals surface area contributed by atoms with E-state index in [4.69, 9.17) is 11.6 Å². The molecule has 1 aliphatic heterocycles. The van der Waals surface area contributed by atoms with Crippen LogP contribution in [0.15, 0.2) is 82.6 Å². The molecule has 1 unspecified atom stereocenters. The fraction of sp³-hybridized carbons (Fsp3) is 0.174.